The lowest BCUT2D eigenvalue weighted by Crippen LogP contribution is -2.56. The molecule has 7 rings (SSSR count). The van der Waals surface area contributed by atoms with Crippen molar-refractivity contribution in [2.75, 3.05) is 13.7 Å². The number of hydrogen-bond donors (Lipinski definition) is 2. The monoisotopic (exact) mass is 547 g/mol. The highest BCUT2D eigenvalue weighted by Gasteiger charge is 2.52. The molecule has 3 aliphatic rings. The highest BCUT2D eigenvalue weighted by atomic mass is 19.3. The van der Waals surface area contributed by atoms with Gasteiger partial charge in [-0.15, -0.1) is 0 Å². The molecular formula is C28H27F2N7O3. The van der Waals surface area contributed by atoms with Crippen LogP contribution in [-0.4, -0.2) is 60.7 Å². The number of benzene rings is 1. The van der Waals surface area contributed by atoms with Gasteiger partial charge in [0.1, 0.15) is 11.6 Å². The molecule has 10 nitrogen and oxygen atoms in total. The number of fused-ring (bicyclic) bond motifs is 9. The van der Waals surface area contributed by atoms with Gasteiger partial charge in [0.05, 0.1) is 28.7 Å². The fraction of sp³-hybridized carbons (Fsp3) is 0.393. The third-order valence-electron chi connectivity index (χ3n) is 8.55. The van der Waals surface area contributed by atoms with Crippen LogP contribution in [0.15, 0.2) is 42.7 Å². The van der Waals surface area contributed by atoms with E-state index >= 15 is 0 Å². The van der Waals surface area contributed by atoms with Gasteiger partial charge in [0.25, 0.3) is 5.91 Å². The average molecular weight is 548 g/mol. The maximum Gasteiger partial charge on any atom is 0.387 e. The highest BCUT2D eigenvalue weighted by molar-refractivity contribution is 5.98. The Labute approximate surface area is 227 Å². The van der Waals surface area contributed by atoms with E-state index in [1.54, 1.807) is 41.0 Å². The fourth-order valence-corrected chi connectivity index (χ4v) is 6.81. The molecule has 4 heterocycles. The molecule has 4 aromatic rings. The number of nitrogens with zero attached hydrogens (tertiary/aromatic N) is 6. The van der Waals surface area contributed by atoms with Crippen LogP contribution in [0.3, 0.4) is 0 Å². The Balaban J connectivity index is 1.30. The number of aromatic nitrogens is 5. The summed E-state index contributed by atoms with van der Waals surface area (Å²) < 4.78 is 33.3. The number of carbonyl (C=O) groups excluding carboxylic acids is 1. The summed E-state index contributed by atoms with van der Waals surface area (Å²) in [6, 6.07) is 7.97. The standard InChI is InChI=1S/C28H27F2N7O3/c1-27(13-38)11-28(31,12-27)25-32-9-14(10-33-25)17-6-7-20-34-22-18-8-16(23(22)37(20)35-17)21-15(24(39)36(18)2)4-3-5-19(21)40-26(29)30/h3-7,9-10,16,18,26,38H,8,11-13,31H2,1-2H3. The van der Waals surface area contributed by atoms with E-state index in [-0.39, 0.29) is 29.7 Å². The van der Waals surface area contributed by atoms with Crippen LogP contribution >= 0.6 is 0 Å². The Morgan fingerprint density at radius 3 is 2.65 bits per heavy atom. The lowest BCUT2D eigenvalue weighted by molar-refractivity contribution is -0.0506. The number of ether oxygens (including phenoxy) is 1. The average Bonchev–Trinajstić information content (AvgIpc) is 3.45. The van der Waals surface area contributed by atoms with E-state index in [2.05, 4.69) is 9.97 Å². The van der Waals surface area contributed by atoms with Crippen LogP contribution in [0.1, 0.15) is 71.3 Å². The van der Waals surface area contributed by atoms with Crippen LogP contribution in [0.25, 0.3) is 16.9 Å². The fourth-order valence-electron chi connectivity index (χ4n) is 6.81. The van der Waals surface area contributed by atoms with Crippen LogP contribution in [0.2, 0.25) is 0 Å². The van der Waals surface area contributed by atoms with Crippen molar-refractivity contribution in [3.05, 3.63) is 71.1 Å². The van der Waals surface area contributed by atoms with E-state index in [0.717, 1.165) is 5.69 Å². The van der Waals surface area contributed by atoms with E-state index in [1.165, 1.54) is 6.07 Å². The molecule has 2 unspecified atom stereocenters. The van der Waals surface area contributed by atoms with E-state index in [1.807, 2.05) is 19.1 Å². The first-order valence-corrected chi connectivity index (χ1v) is 13.1. The van der Waals surface area contributed by atoms with Crippen molar-refractivity contribution >= 4 is 11.6 Å². The number of hydrogen-bond acceptors (Lipinski definition) is 8. The number of nitrogens with two attached hydrogens (primary N) is 1. The van der Waals surface area contributed by atoms with Gasteiger partial charge in [-0.25, -0.2) is 19.5 Å². The number of amides is 1. The number of aliphatic hydroxyl groups is 1. The molecule has 1 fully saturated rings. The molecule has 2 aliphatic carbocycles. The van der Waals surface area contributed by atoms with Crippen LogP contribution < -0.4 is 10.5 Å². The number of aliphatic hydroxyl groups excluding tert-OH is 1. The van der Waals surface area contributed by atoms with E-state index < -0.39 is 18.1 Å². The SMILES string of the molecule is CN1C(=O)c2cccc(OC(F)F)c2C2CC1c1nc3ccc(-c4cnc(C5(N)CC(C)(CO)C5)nc4)nn3c12. The molecule has 3 N–H and O–H groups in total. The summed E-state index contributed by atoms with van der Waals surface area (Å²) >= 11 is 0. The molecule has 3 aromatic heterocycles. The summed E-state index contributed by atoms with van der Waals surface area (Å²) in [5.41, 5.74) is 9.64. The quantitative estimate of drug-likeness (QED) is 0.389. The van der Waals surface area contributed by atoms with E-state index in [4.69, 9.17) is 20.6 Å². The zero-order valence-electron chi connectivity index (χ0n) is 21.9. The second-order valence-corrected chi connectivity index (χ2v) is 11.5. The van der Waals surface area contributed by atoms with Gasteiger partial charge >= 0.3 is 6.61 Å². The Bertz CT molecular complexity index is 1670. The third-order valence-corrected chi connectivity index (χ3v) is 8.55. The smallest absolute Gasteiger partial charge is 0.387 e. The van der Waals surface area contributed by atoms with Crippen molar-refractivity contribution in [3.63, 3.8) is 0 Å². The van der Waals surface area contributed by atoms with Gasteiger partial charge in [-0.3, -0.25) is 4.79 Å². The largest absolute Gasteiger partial charge is 0.434 e. The van der Waals surface area contributed by atoms with Gasteiger partial charge in [-0.1, -0.05) is 13.0 Å². The van der Waals surface area contributed by atoms with Crippen LogP contribution in [-0.2, 0) is 5.54 Å². The number of halogens is 2. The van der Waals surface area contributed by atoms with Gasteiger partial charge in [0, 0.05) is 48.7 Å². The first-order valence-electron chi connectivity index (χ1n) is 13.1. The minimum Gasteiger partial charge on any atom is -0.434 e. The van der Waals surface area contributed by atoms with Gasteiger partial charge in [-0.2, -0.15) is 13.9 Å². The first kappa shape index (κ1) is 25.0. The van der Waals surface area contributed by atoms with Gasteiger partial charge in [0.2, 0.25) is 0 Å². The number of rotatable bonds is 5. The van der Waals surface area contributed by atoms with Crippen molar-refractivity contribution in [2.24, 2.45) is 11.1 Å². The molecule has 0 saturated heterocycles. The van der Waals surface area contributed by atoms with Gasteiger partial charge in [0.15, 0.2) is 5.65 Å². The van der Waals surface area contributed by atoms with Crippen molar-refractivity contribution in [1.29, 1.82) is 0 Å². The molecule has 2 atom stereocenters. The first-order chi connectivity index (χ1) is 19.1. The van der Waals surface area contributed by atoms with E-state index in [0.29, 0.717) is 58.8 Å². The molecule has 40 heavy (non-hydrogen) atoms. The Hall–Kier alpha value is -4.03. The predicted octanol–water partition coefficient (Wildman–Crippen LogP) is 3.40. The molecule has 1 amide bonds. The third kappa shape index (κ3) is 3.55. The normalized spacial score (nSPS) is 27.0. The van der Waals surface area contributed by atoms with Gasteiger partial charge in [-0.05, 0) is 48.9 Å². The predicted molar refractivity (Wildman–Crippen MR) is 139 cm³/mol. The van der Waals surface area contributed by atoms with E-state index in [9.17, 15) is 18.7 Å². The molecule has 12 heteroatoms. The van der Waals surface area contributed by atoms with Crippen LogP contribution in [0.4, 0.5) is 8.78 Å². The molecule has 0 radical (unpaired) electrons. The van der Waals surface area contributed by atoms with Crippen molar-refractivity contribution in [1.82, 2.24) is 29.5 Å². The topological polar surface area (TPSA) is 132 Å². The van der Waals surface area contributed by atoms with Crippen LogP contribution in [0, 0.1) is 5.41 Å². The summed E-state index contributed by atoms with van der Waals surface area (Å²) in [4.78, 5) is 28.8. The zero-order chi connectivity index (χ0) is 28.0. The number of alkyl halides is 2. The minimum absolute atomic E-state index is 0.0214. The number of carbonyl (C=O) groups is 1. The lowest BCUT2D eigenvalue weighted by Gasteiger charge is -2.50. The summed E-state index contributed by atoms with van der Waals surface area (Å²) in [5.74, 6) is -0.189. The molecule has 1 aliphatic heterocycles. The summed E-state index contributed by atoms with van der Waals surface area (Å²) in [6.07, 6.45) is 5.03. The Morgan fingerprint density at radius 1 is 1.20 bits per heavy atom. The van der Waals surface area contributed by atoms with Crippen molar-refractivity contribution in [3.8, 4) is 17.0 Å². The Kier molecular flexibility index (Phi) is 5.30. The summed E-state index contributed by atoms with van der Waals surface area (Å²) in [5, 5.41) is 14.4. The summed E-state index contributed by atoms with van der Waals surface area (Å²) in [6.45, 7) is -0.977. The second kappa shape index (κ2) is 8.48. The molecule has 0 spiro atoms. The number of imidazole rings is 1. The van der Waals surface area contributed by atoms with Gasteiger partial charge < -0.3 is 20.5 Å². The maximum atomic E-state index is 13.3. The minimum atomic E-state index is -3.03. The second-order valence-electron chi connectivity index (χ2n) is 11.5. The van der Waals surface area contributed by atoms with Crippen molar-refractivity contribution < 1.29 is 23.4 Å². The van der Waals surface area contributed by atoms with Crippen molar-refractivity contribution in [2.45, 2.75) is 50.3 Å². The maximum absolute atomic E-state index is 13.3. The highest BCUT2D eigenvalue weighted by Crippen LogP contribution is 2.53. The molecule has 1 aromatic carbocycles. The molecule has 2 bridgehead atoms. The van der Waals surface area contributed by atoms with Crippen LogP contribution in [0.5, 0.6) is 5.75 Å². The molecule has 1 saturated carbocycles. The lowest BCUT2D eigenvalue weighted by atomic mass is 9.58. The zero-order valence-corrected chi connectivity index (χ0v) is 21.9. The molecular weight excluding hydrogens is 520 g/mol. The molecule has 206 valence electrons. The summed E-state index contributed by atoms with van der Waals surface area (Å²) in [7, 11) is 1.70. The Morgan fingerprint density at radius 2 is 1.95 bits per heavy atom.